The highest BCUT2D eigenvalue weighted by molar-refractivity contribution is 5.77. The second-order valence-electron chi connectivity index (χ2n) is 12.3. The number of aromatic nitrogens is 8. The Kier molecular flexibility index (Phi) is 13.0. The van der Waals surface area contributed by atoms with Crippen LogP contribution >= 0.6 is 0 Å². The molecule has 0 bridgehead atoms. The van der Waals surface area contributed by atoms with E-state index >= 15 is 0 Å². The first kappa shape index (κ1) is 36.3. The fourth-order valence-electron chi connectivity index (χ4n) is 4.40. The van der Waals surface area contributed by atoms with Crippen LogP contribution < -0.4 is 16.0 Å². The number of carbonyl (C=O) groups is 3. The Morgan fingerprint density at radius 3 is 1.41 bits per heavy atom. The Morgan fingerprint density at radius 1 is 0.612 bits per heavy atom. The highest BCUT2D eigenvalue weighted by atomic mass is 16.6. The molecule has 0 atom stereocenters. The molecule has 49 heavy (non-hydrogen) atoms. The summed E-state index contributed by atoms with van der Waals surface area (Å²) in [6.45, 7) is 11.0. The lowest BCUT2D eigenvalue weighted by atomic mass is 10.1. The molecule has 0 aliphatic rings. The summed E-state index contributed by atoms with van der Waals surface area (Å²) in [5, 5.41) is 40.5. The van der Waals surface area contributed by atoms with E-state index in [-0.39, 0.29) is 24.7 Å². The summed E-state index contributed by atoms with van der Waals surface area (Å²) < 4.78 is 5.32. The predicted molar refractivity (Wildman–Crippen MR) is 179 cm³/mol. The van der Waals surface area contributed by atoms with E-state index in [0.29, 0.717) is 62.6 Å². The second kappa shape index (κ2) is 17.6. The van der Waals surface area contributed by atoms with Gasteiger partial charge in [-0.15, -0.1) is 40.8 Å². The fraction of sp³-hybridized carbons (Fsp3) is 0.424. The quantitative estimate of drug-likeness (QED) is 0.166. The van der Waals surface area contributed by atoms with Crippen LogP contribution in [0.3, 0.4) is 0 Å². The van der Waals surface area contributed by atoms with Crippen LogP contribution in [-0.4, -0.2) is 95.4 Å². The van der Waals surface area contributed by atoms with Gasteiger partial charge < -0.3 is 25.6 Å². The van der Waals surface area contributed by atoms with Gasteiger partial charge in [0.05, 0.1) is 0 Å². The summed E-state index contributed by atoms with van der Waals surface area (Å²) in [6.07, 6.45) is -0.103. The van der Waals surface area contributed by atoms with Gasteiger partial charge in [-0.05, 0) is 45.7 Å². The highest BCUT2D eigenvalue weighted by Gasteiger charge is 2.17. The number of aryl methyl sites for hydroxylation is 2. The van der Waals surface area contributed by atoms with E-state index in [1.54, 1.807) is 34.6 Å². The van der Waals surface area contributed by atoms with Gasteiger partial charge in [-0.1, -0.05) is 48.5 Å². The summed E-state index contributed by atoms with van der Waals surface area (Å²) in [4.78, 5) is 39.6. The molecule has 4 aromatic rings. The normalized spacial score (nSPS) is 11.2. The molecule has 3 amide bonds. The van der Waals surface area contributed by atoms with Crippen molar-refractivity contribution < 1.29 is 19.1 Å². The predicted octanol–water partition coefficient (Wildman–Crippen LogP) is 2.34. The van der Waals surface area contributed by atoms with Gasteiger partial charge in [-0.25, -0.2) is 4.79 Å². The lowest BCUT2D eigenvalue weighted by Gasteiger charge is -2.23. The lowest BCUT2D eigenvalue weighted by molar-refractivity contribution is -0.121. The van der Waals surface area contributed by atoms with E-state index in [1.807, 2.05) is 53.4 Å². The van der Waals surface area contributed by atoms with E-state index in [4.69, 9.17) is 4.74 Å². The van der Waals surface area contributed by atoms with Crippen molar-refractivity contribution in [1.29, 1.82) is 0 Å². The zero-order valence-corrected chi connectivity index (χ0v) is 28.4. The smallest absolute Gasteiger partial charge is 0.407 e. The molecule has 0 aliphatic heterocycles. The number of nitrogens with one attached hydrogen (secondary N) is 3. The monoisotopic (exact) mass is 670 g/mol. The lowest BCUT2D eigenvalue weighted by Crippen LogP contribution is -2.40. The van der Waals surface area contributed by atoms with Gasteiger partial charge in [0.1, 0.15) is 5.60 Å². The maximum absolute atomic E-state index is 12.7. The van der Waals surface area contributed by atoms with Crippen LogP contribution in [0.15, 0.2) is 48.5 Å². The van der Waals surface area contributed by atoms with Crippen LogP contribution in [0.5, 0.6) is 0 Å². The van der Waals surface area contributed by atoms with Crippen molar-refractivity contribution >= 4 is 17.9 Å². The third-order valence-corrected chi connectivity index (χ3v) is 6.97. The Hall–Kier alpha value is -5.51. The molecular formula is C33H42N12O4. The number of ether oxygens (including phenoxy) is 1. The average Bonchev–Trinajstić information content (AvgIpc) is 3.08. The molecule has 0 fully saturated rings. The zero-order valence-electron chi connectivity index (χ0n) is 28.4. The summed E-state index contributed by atoms with van der Waals surface area (Å²) in [7, 11) is 0. The molecule has 0 saturated carbocycles. The largest absolute Gasteiger partial charge is 0.444 e. The number of nitrogens with zero attached hydrogens (tertiary/aromatic N) is 9. The summed E-state index contributed by atoms with van der Waals surface area (Å²) in [5.74, 6) is 1.56. The molecule has 0 aliphatic carbocycles. The third-order valence-electron chi connectivity index (χ3n) is 6.97. The molecule has 0 radical (unpaired) electrons. The molecular weight excluding hydrogens is 628 g/mol. The van der Waals surface area contributed by atoms with Gasteiger partial charge in [0.15, 0.2) is 11.6 Å². The van der Waals surface area contributed by atoms with E-state index in [1.165, 1.54) is 0 Å². The molecule has 2 heterocycles. The first-order valence-corrected chi connectivity index (χ1v) is 15.9. The molecule has 16 heteroatoms. The number of benzene rings is 2. The standard InChI is InChI=1S/C33H42N12O4/c1-22-37-41-30(42-38-22)26-10-6-24(7-11-26)20-35-28(46)14-17-45(19-16-34-32(48)49-33(3,4)5)18-15-29(47)36-21-25-8-12-27(13-9-25)31-43-39-23(2)40-44-31/h6-13H,14-21H2,1-5H3,(H,34,48)(H,35,46)(H,36,47). The second-order valence-corrected chi connectivity index (χ2v) is 12.3. The third kappa shape index (κ3) is 12.9. The number of rotatable bonds is 15. The topological polar surface area (TPSA) is 203 Å². The number of amides is 3. The van der Waals surface area contributed by atoms with Crippen molar-refractivity contribution in [2.45, 2.75) is 66.2 Å². The van der Waals surface area contributed by atoms with Crippen LogP contribution in [0.1, 0.15) is 56.4 Å². The van der Waals surface area contributed by atoms with Gasteiger partial charge in [-0.3, -0.25) is 9.59 Å². The fourth-order valence-corrected chi connectivity index (χ4v) is 4.40. The van der Waals surface area contributed by atoms with Gasteiger partial charge in [0.2, 0.25) is 23.5 Å². The first-order valence-electron chi connectivity index (χ1n) is 15.9. The molecule has 0 saturated heterocycles. The molecule has 4 rings (SSSR count). The minimum absolute atomic E-state index is 0.139. The summed E-state index contributed by atoms with van der Waals surface area (Å²) in [6, 6.07) is 14.9. The molecule has 3 N–H and O–H groups in total. The maximum Gasteiger partial charge on any atom is 0.407 e. The number of alkyl carbamates (subject to hydrolysis) is 1. The van der Waals surface area contributed by atoms with E-state index in [2.05, 4.69) is 56.7 Å². The molecule has 258 valence electrons. The van der Waals surface area contributed by atoms with Crippen molar-refractivity contribution in [2.24, 2.45) is 0 Å². The van der Waals surface area contributed by atoms with Crippen molar-refractivity contribution in [3.63, 3.8) is 0 Å². The molecule has 2 aromatic heterocycles. The van der Waals surface area contributed by atoms with Crippen molar-refractivity contribution in [2.75, 3.05) is 26.2 Å². The average molecular weight is 671 g/mol. The van der Waals surface area contributed by atoms with Crippen LogP contribution in [0, 0.1) is 13.8 Å². The van der Waals surface area contributed by atoms with Crippen molar-refractivity contribution in [3.05, 3.63) is 71.3 Å². The molecule has 2 aromatic carbocycles. The van der Waals surface area contributed by atoms with Gasteiger partial charge in [0.25, 0.3) is 0 Å². The number of carbonyl (C=O) groups excluding carboxylic acids is 3. The summed E-state index contributed by atoms with van der Waals surface area (Å²) in [5.41, 5.74) is 2.75. The Labute approximate surface area is 284 Å². The van der Waals surface area contributed by atoms with E-state index in [0.717, 1.165) is 22.3 Å². The zero-order chi connectivity index (χ0) is 35.2. The first-order chi connectivity index (χ1) is 23.4. The van der Waals surface area contributed by atoms with Gasteiger partial charge >= 0.3 is 6.09 Å². The minimum Gasteiger partial charge on any atom is -0.444 e. The molecule has 16 nitrogen and oxygen atoms in total. The van der Waals surface area contributed by atoms with E-state index in [9.17, 15) is 14.4 Å². The molecule has 0 unspecified atom stereocenters. The van der Waals surface area contributed by atoms with Crippen LogP contribution in [0.2, 0.25) is 0 Å². The maximum atomic E-state index is 12.7. The Morgan fingerprint density at radius 2 is 1.02 bits per heavy atom. The van der Waals surface area contributed by atoms with Crippen LogP contribution in [0.25, 0.3) is 22.8 Å². The SMILES string of the molecule is Cc1nnc(-c2ccc(CNC(=O)CCN(CCNC(=O)OC(C)(C)C)CCC(=O)NCc3ccc(-c4nnc(C)nn4)cc3)cc2)nn1. The number of hydrogen-bond acceptors (Lipinski definition) is 13. The highest BCUT2D eigenvalue weighted by Crippen LogP contribution is 2.15. The van der Waals surface area contributed by atoms with Gasteiger partial charge in [-0.2, -0.15) is 0 Å². The van der Waals surface area contributed by atoms with Crippen molar-refractivity contribution in [1.82, 2.24) is 61.6 Å². The Balaban J connectivity index is 1.24. The molecule has 0 spiro atoms. The van der Waals surface area contributed by atoms with Crippen LogP contribution in [-0.2, 0) is 27.4 Å². The van der Waals surface area contributed by atoms with Crippen molar-refractivity contribution in [3.8, 4) is 22.8 Å². The van der Waals surface area contributed by atoms with Crippen LogP contribution in [0.4, 0.5) is 4.79 Å². The van der Waals surface area contributed by atoms with E-state index < -0.39 is 11.7 Å². The Bertz CT molecular complexity index is 1550. The minimum atomic E-state index is -0.619. The summed E-state index contributed by atoms with van der Waals surface area (Å²) >= 11 is 0. The van der Waals surface area contributed by atoms with Gasteiger partial charge in [0, 0.05) is 63.2 Å². The number of hydrogen-bond donors (Lipinski definition) is 3.